The first-order chi connectivity index (χ1) is 6.92. The van der Waals surface area contributed by atoms with Crippen molar-refractivity contribution in [3.05, 3.63) is 30.0 Å². The fourth-order valence-electron chi connectivity index (χ4n) is 1.45. The predicted molar refractivity (Wildman–Crippen MR) is 56.6 cm³/mol. The Morgan fingerprint density at radius 2 is 2.43 bits per heavy atom. The molecule has 0 fully saturated rings. The molecule has 3 heteroatoms. The van der Waals surface area contributed by atoms with Crippen LogP contribution in [0.4, 0.5) is 0 Å². The molecule has 2 aromatic rings. The number of para-hydroxylation sites is 1. The minimum absolute atomic E-state index is 0.588. The molecule has 2 N–H and O–H groups in total. The highest BCUT2D eigenvalue weighted by Crippen LogP contribution is 2.14. The predicted octanol–water partition coefficient (Wildman–Crippen LogP) is 1.29. The van der Waals surface area contributed by atoms with Gasteiger partial charge in [-0.2, -0.15) is 5.10 Å². The fraction of sp³-hybridized carbons (Fsp3) is 0.182. The molecule has 0 bridgehead atoms. The Kier molecular flexibility index (Phi) is 2.48. The van der Waals surface area contributed by atoms with Crippen LogP contribution in [0.3, 0.4) is 0 Å². The van der Waals surface area contributed by atoms with Crippen molar-refractivity contribution in [2.24, 2.45) is 0 Å². The SMILES string of the molecule is C#CCNCc1cccc2cn[nH]c12. The summed E-state index contributed by atoms with van der Waals surface area (Å²) in [6, 6.07) is 6.11. The number of H-pyrrole nitrogens is 1. The molecule has 3 nitrogen and oxygen atoms in total. The van der Waals surface area contributed by atoms with Crippen LogP contribution in [0.5, 0.6) is 0 Å². The van der Waals surface area contributed by atoms with Crippen LogP contribution in [0.1, 0.15) is 5.56 Å². The monoisotopic (exact) mass is 185 g/mol. The Labute approximate surface area is 82.5 Å². The van der Waals surface area contributed by atoms with E-state index in [2.05, 4.69) is 27.5 Å². The molecule has 14 heavy (non-hydrogen) atoms. The molecular weight excluding hydrogens is 174 g/mol. The van der Waals surface area contributed by atoms with Gasteiger partial charge in [-0.25, -0.2) is 0 Å². The Morgan fingerprint density at radius 3 is 3.29 bits per heavy atom. The lowest BCUT2D eigenvalue weighted by Gasteiger charge is -2.02. The summed E-state index contributed by atoms with van der Waals surface area (Å²) in [5, 5.41) is 11.2. The summed E-state index contributed by atoms with van der Waals surface area (Å²) < 4.78 is 0. The van der Waals surface area contributed by atoms with Gasteiger partial charge in [0.2, 0.25) is 0 Å². The van der Waals surface area contributed by atoms with Crippen LogP contribution in [0.15, 0.2) is 24.4 Å². The highest BCUT2D eigenvalue weighted by Gasteiger charge is 2.00. The van der Waals surface area contributed by atoms with Crippen LogP contribution in [-0.2, 0) is 6.54 Å². The van der Waals surface area contributed by atoms with Crippen molar-refractivity contribution >= 4 is 10.9 Å². The summed E-state index contributed by atoms with van der Waals surface area (Å²) in [5.41, 5.74) is 2.27. The zero-order valence-corrected chi connectivity index (χ0v) is 7.75. The van der Waals surface area contributed by atoms with E-state index in [0.29, 0.717) is 6.54 Å². The zero-order valence-electron chi connectivity index (χ0n) is 7.75. The lowest BCUT2D eigenvalue weighted by atomic mass is 10.1. The van der Waals surface area contributed by atoms with Crippen molar-refractivity contribution < 1.29 is 0 Å². The van der Waals surface area contributed by atoms with Gasteiger partial charge in [-0.3, -0.25) is 5.10 Å². The van der Waals surface area contributed by atoms with E-state index >= 15 is 0 Å². The van der Waals surface area contributed by atoms with Crippen molar-refractivity contribution in [1.82, 2.24) is 15.5 Å². The molecule has 0 saturated heterocycles. The Balaban J connectivity index is 2.24. The first kappa shape index (κ1) is 8.79. The number of nitrogens with zero attached hydrogens (tertiary/aromatic N) is 1. The van der Waals surface area contributed by atoms with E-state index in [1.165, 1.54) is 5.56 Å². The van der Waals surface area contributed by atoms with Gasteiger partial charge in [0.15, 0.2) is 0 Å². The summed E-state index contributed by atoms with van der Waals surface area (Å²) in [6.07, 6.45) is 6.97. The Morgan fingerprint density at radius 1 is 1.50 bits per heavy atom. The second-order valence-electron chi connectivity index (χ2n) is 3.06. The van der Waals surface area contributed by atoms with Gasteiger partial charge in [-0.1, -0.05) is 24.1 Å². The van der Waals surface area contributed by atoms with E-state index in [0.717, 1.165) is 17.4 Å². The summed E-state index contributed by atoms with van der Waals surface area (Å²) in [7, 11) is 0. The number of fused-ring (bicyclic) bond motifs is 1. The third-order valence-corrected chi connectivity index (χ3v) is 2.11. The minimum Gasteiger partial charge on any atom is -0.302 e. The largest absolute Gasteiger partial charge is 0.302 e. The molecule has 0 atom stereocenters. The van der Waals surface area contributed by atoms with Crippen LogP contribution in [-0.4, -0.2) is 16.7 Å². The van der Waals surface area contributed by atoms with Crippen molar-refractivity contribution in [2.45, 2.75) is 6.54 Å². The third-order valence-electron chi connectivity index (χ3n) is 2.11. The number of aromatic amines is 1. The standard InChI is InChI=1S/C11H11N3/c1-2-6-12-7-9-4-3-5-10-8-13-14-11(9)10/h1,3-5,8,12H,6-7H2,(H,13,14). The second kappa shape index (κ2) is 3.95. The molecule has 1 aromatic carbocycles. The number of hydrogen-bond donors (Lipinski definition) is 2. The van der Waals surface area contributed by atoms with Crippen LogP contribution < -0.4 is 5.32 Å². The number of rotatable bonds is 3. The highest BCUT2D eigenvalue weighted by atomic mass is 15.1. The molecule has 0 aliphatic carbocycles. The van der Waals surface area contributed by atoms with Crippen LogP contribution in [0.2, 0.25) is 0 Å². The molecule has 0 amide bonds. The first-order valence-corrected chi connectivity index (χ1v) is 4.47. The number of benzene rings is 1. The van der Waals surface area contributed by atoms with Crippen molar-refractivity contribution in [3.8, 4) is 12.3 Å². The zero-order chi connectivity index (χ0) is 9.80. The van der Waals surface area contributed by atoms with Crippen molar-refractivity contribution in [1.29, 1.82) is 0 Å². The van der Waals surface area contributed by atoms with Crippen LogP contribution >= 0.6 is 0 Å². The lowest BCUT2D eigenvalue weighted by Crippen LogP contribution is -2.13. The topological polar surface area (TPSA) is 40.7 Å². The molecular formula is C11H11N3. The van der Waals surface area contributed by atoms with Crippen LogP contribution in [0, 0.1) is 12.3 Å². The molecule has 0 saturated carbocycles. The summed E-state index contributed by atoms with van der Waals surface area (Å²) in [6.45, 7) is 1.36. The number of aromatic nitrogens is 2. The third kappa shape index (κ3) is 1.61. The maximum Gasteiger partial charge on any atom is 0.0695 e. The van der Waals surface area contributed by atoms with E-state index in [-0.39, 0.29) is 0 Å². The van der Waals surface area contributed by atoms with E-state index in [1.54, 1.807) is 0 Å². The molecule has 0 radical (unpaired) electrons. The maximum atomic E-state index is 5.15. The number of terminal acetylenes is 1. The molecule has 1 aromatic heterocycles. The summed E-state index contributed by atoms with van der Waals surface area (Å²) in [4.78, 5) is 0. The number of hydrogen-bond acceptors (Lipinski definition) is 2. The maximum absolute atomic E-state index is 5.15. The molecule has 0 aliphatic rings. The fourth-order valence-corrected chi connectivity index (χ4v) is 1.45. The van der Waals surface area contributed by atoms with Gasteiger partial charge < -0.3 is 5.32 Å². The second-order valence-corrected chi connectivity index (χ2v) is 3.06. The van der Waals surface area contributed by atoms with E-state index in [4.69, 9.17) is 6.42 Å². The van der Waals surface area contributed by atoms with Gasteiger partial charge in [-0.15, -0.1) is 6.42 Å². The van der Waals surface area contributed by atoms with Gasteiger partial charge in [0.1, 0.15) is 0 Å². The summed E-state index contributed by atoms with van der Waals surface area (Å²) in [5.74, 6) is 2.54. The number of nitrogens with one attached hydrogen (secondary N) is 2. The van der Waals surface area contributed by atoms with Gasteiger partial charge >= 0.3 is 0 Å². The molecule has 70 valence electrons. The first-order valence-electron chi connectivity index (χ1n) is 4.47. The lowest BCUT2D eigenvalue weighted by molar-refractivity contribution is 0.773. The highest BCUT2D eigenvalue weighted by molar-refractivity contribution is 5.81. The van der Waals surface area contributed by atoms with Gasteiger partial charge in [0.25, 0.3) is 0 Å². The minimum atomic E-state index is 0.588. The van der Waals surface area contributed by atoms with E-state index in [9.17, 15) is 0 Å². The molecule has 2 rings (SSSR count). The molecule has 1 heterocycles. The van der Waals surface area contributed by atoms with Gasteiger partial charge in [0, 0.05) is 11.9 Å². The quantitative estimate of drug-likeness (QED) is 0.558. The molecule has 0 aliphatic heterocycles. The summed E-state index contributed by atoms with van der Waals surface area (Å²) >= 11 is 0. The Hall–Kier alpha value is -1.79. The van der Waals surface area contributed by atoms with E-state index < -0.39 is 0 Å². The van der Waals surface area contributed by atoms with Crippen molar-refractivity contribution in [3.63, 3.8) is 0 Å². The Bertz CT molecular complexity index is 465. The smallest absolute Gasteiger partial charge is 0.0695 e. The average molecular weight is 185 g/mol. The van der Waals surface area contributed by atoms with Gasteiger partial charge in [0.05, 0.1) is 18.3 Å². The van der Waals surface area contributed by atoms with Gasteiger partial charge in [-0.05, 0) is 5.56 Å². The van der Waals surface area contributed by atoms with Crippen molar-refractivity contribution in [2.75, 3.05) is 6.54 Å². The van der Waals surface area contributed by atoms with E-state index in [1.807, 2.05) is 18.3 Å². The molecule has 0 spiro atoms. The van der Waals surface area contributed by atoms with Crippen LogP contribution in [0.25, 0.3) is 10.9 Å². The normalized spacial score (nSPS) is 10.2. The molecule has 0 unspecified atom stereocenters. The average Bonchev–Trinajstić information content (AvgIpc) is 2.67.